The highest BCUT2D eigenvalue weighted by Crippen LogP contribution is 2.34. The predicted octanol–water partition coefficient (Wildman–Crippen LogP) is 1.39. The fraction of sp³-hybridized carbons (Fsp3) is 1.00. The largest absolute Gasteiger partial charge is 0.561 e. The third-order valence-corrected chi connectivity index (χ3v) is 3.69. The van der Waals surface area contributed by atoms with Crippen molar-refractivity contribution in [3.8, 4) is 0 Å². The van der Waals surface area contributed by atoms with E-state index in [1.807, 2.05) is 0 Å². The van der Waals surface area contributed by atoms with Gasteiger partial charge in [-0.15, -0.1) is 13.2 Å². The molecule has 1 saturated heterocycles. The smallest absolute Gasteiger partial charge is 0.285 e. The maximum absolute atomic E-state index is 12.9. The number of piperidine rings is 1. The van der Waals surface area contributed by atoms with Crippen molar-refractivity contribution in [1.29, 1.82) is 0 Å². The van der Waals surface area contributed by atoms with Gasteiger partial charge in [-0.25, -0.2) is 4.48 Å². The van der Waals surface area contributed by atoms with Crippen molar-refractivity contribution >= 4 is 10.1 Å². The number of rotatable bonds is 3. The molecule has 16 heavy (non-hydrogen) atoms. The Bertz CT molecular complexity index is 333. The Labute approximate surface area is 92.4 Å². The highest BCUT2D eigenvalue weighted by atomic mass is 32.2. The second-order valence-electron chi connectivity index (χ2n) is 4.13. The monoisotopic (exact) mass is 262 g/mol. The molecule has 0 spiro atoms. The van der Waals surface area contributed by atoms with Gasteiger partial charge in [-0.2, -0.15) is 8.42 Å². The lowest BCUT2D eigenvalue weighted by Crippen LogP contribution is -2.62. The summed E-state index contributed by atoms with van der Waals surface area (Å²) in [6.45, 7) is -0.791. The first kappa shape index (κ1) is 13.7. The summed E-state index contributed by atoms with van der Waals surface area (Å²) in [5.74, 6) is -0.841. The van der Waals surface area contributed by atoms with Crippen molar-refractivity contribution in [2.24, 2.45) is 0 Å². The van der Waals surface area contributed by atoms with Gasteiger partial charge in [0.1, 0.15) is 12.3 Å². The first-order valence-corrected chi connectivity index (χ1v) is 6.65. The van der Waals surface area contributed by atoms with E-state index in [0.717, 1.165) is 6.42 Å². The summed E-state index contributed by atoms with van der Waals surface area (Å²) in [5.41, 5.74) is 0. The summed E-state index contributed by atoms with van der Waals surface area (Å²) in [4.78, 5) is 0. The van der Waals surface area contributed by atoms with Crippen molar-refractivity contribution in [2.75, 3.05) is 25.4 Å². The van der Waals surface area contributed by atoms with Crippen LogP contribution in [0.25, 0.3) is 0 Å². The minimum absolute atomic E-state index is 0.0982. The molecule has 0 aromatic carbocycles. The predicted molar refractivity (Wildman–Crippen MR) is 51.2 cm³/mol. The van der Waals surface area contributed by atoms with Crippen molar-refractivity contribution in [1.82, 2.24) is 0 Å². The van der Waals surface area contributed by atoms with E-state index < -0.39 is 33.2 Å². The number of hydrogen-bond acceptors (Lipinski definition) is 2. The van der Waals surface area contributed by atoms with E-state index in [0.29, 0.717) is 12.8 Å². The van der Waals surface area contributed by atoms with Gasteiger partial charge >= 0.3 is 6.30 Å². The van der Waals surface area contributed by atoms with Gasteiger partial charge in [0.25, 0.3) is 10.1 Å². The van der Waals surface area contributed by atoms with Gasteiger partial charge in [0, 0.05) is 0 Å². The Kier molecular flexibility index (Phi) is 3.86. The van der Waals surface area contributed by atoms with E-state index in [-0.39, 0.29) is 13.1 Å². The summed E-state index contributed by atoms with van der Waals surface area (Å²) in [5, 5.41) is 0. The zero-order chi connectivity index (χ0) is 12.4. The molecule has 0 aromatic rings. The summed E-state index contributed by atoms with van der Waals surface area (Å²) in [6, 6.07) is 0. The van der Waals surface area contributed by atoms with Gasteiger partial charge in [-0.05, 0) is 19.3 Å². The minimum atomic E-state index is -4.45. The molecule has 1 heterocycles. The Balaban J connectivity index is 2.79. The third kappa shape index (κ3) is 3.33. The zero-order valence-electron chi connectivity index (χ0n) is 8.70. The number of halogens is 3. The standard InChI is InChI=1S/C8H14F3NO3S/c9-8(10,11)12(4-2-1-3-5-12)6-7-16(13,14)15/h1-7H2/p+1. The molecule has 4 nitrogen and oxygen atoms in total. The average molecular weight is 262 g/mol. The van der Waals surface area contributed by atoms with Crippen LogP contribution < -0.4 is 0 Å². The van der Waals surface area contributed by atoms with Crippen LogP contribution in [0.2, 0.25) is 0 Å². The Hall–Kier alpha value is -0.340. The molecular weight excluding hydrogens is 247 g/mol. The van der Waals surface area contributed by atoms with Crippen molar-refractivity contribution in [3.05, 3.63) is 0 Å². The van der Waals surface area contributed by atoms with E-state index in [1.165, 1.54) is 0 Å². The molecule has 1 aliphatic heterocycles. The molecule has 8 heteroatoms. The van der Waals surface area contributed by atoms with E-state index in [4.69, 9.17) is 4.55 Å². The molecule has 1 rings (SSSR count). The lowest BCUT2D eigenvalue weighted by molar-refractivity contribution is -1.03. The summed E-state index contributed by atoms with van der Waals surface area (Å²) >= 11 is 0. The van der Waals surface area contributed by atoms with Crippen LogP contribution in [0.15, 0.2) is 0 Å². The van der Waals surface area contributed by atoms with Crippen molar-refractivity contribution < 1.29 is 30.6 Å². The van der Waals surface area contributed by atoms with Crippen molar-refractivity contribution in [3.63, 3.8) is 0 Å². The topological polar surface area (TPSA) is 54.4 Å². The van der Waals surface area contributed by atoms with Gasteiger partial charge < -0.3 is 0 Å². The fourth-order valence-corrected chi connectivity index (χ4v) is 2.59. The normalized spacial score (nSPS) is 22.0. The highest BCUT2D eigenvalue weighted by Gasteiger charge is 2.55. The first-order chi connectivity index (χ1) is 7.16. The molecule has 0 unspecified atom stereocenters. The lowest BCUT2D eigenvalue weighted by atomic mass is 10.1. The Morgan fingerprint density at radius 1 is 1.12 bits per heavy atom. The van der Waals surface area contributed by atoms with Crippen LogP contribution in [-0.2, 0) is 10.1 Å². The van der Waals surface area contributed by atoms with Crippen LogP contribution in [0.3, 0.4) is 0 Å². The summed E-state index contributed by atoms with van der Waals surface area (Å²) < 4.78 is 67.0. The van der Waals surface area contributed by atoms with Crippen LogP contribution in [0.1, 0.15) is 19.3 Å². The maximum atomic E-state index is 12.9. The highest BCUT2D eigenvalue weighted by molar-refractivity contribution is 7.85. The lowest BCUT2D eigenvalue weighted by Gasteiger charge is -2.41. The van der Waals surface area contributed by atoms with Crippen LogP contribution in [0, 0.1) is 0 Å². The van der Waals surface area contributed by atoms with Gasteiger partial charge in [0.2, 0.25) is 0 Å². The zero-order valence-corrected chi connectivity index (χ0v) is 9.52. The van der Waals surface area contributed by atoms with E-state index >= 15 is 0 Å². The average Bonchev–Trinajstić information content (AvgIpc) is 2.13. The molecule has 0 amide bonds. The second kappa shape index (κ2) is 4.50. The SMILES string of the molecule is O=S(=O)(O)CC[N+]1(C(F)(F)F)CCCCC1. The Morgan fingerprint density at radius 2 is 1.62 bits per heavy atom. The fourth-order valence-electron chi connectivity index (χ4n) is 2.01. The van der Waals surface area contributed by atoms with Gasteiger partial charge in [-0.3, -0.25) is 4.55 Å². The molecule has 0 saturated carbocycles. The molecule has 1 fully saturated rings. The number of quaternary nitrogens is 1. The van der Waals surface area contributed by atoms with Crippen LogP contribution in [-0.4, -0.2) is 49.1 Å². The van der Waals surface area contributed by atoms with E-state index in [1.54, 1.807) is 0 Å². The summed E-state index contributed by atoms with van der Waals surface area (Å²) in [6.07, 6.45) is -2.84. The van der Waals surface area contributed by atoms with Crippen molar-refractivity contribution in [2.45, 2.75) is 25.6 Å². The van der Waals surface area contributed by atoms with Crippen LogP contribution >= 0.6 is 0 Å². The van der Waals surface area contributed by atoms with Crippen LogP contribution in [0.4, 0.5) is 13.2 Å². The number of hydrogen-bond donors (Lipinski definition) is 1. The molecule has 0 aliphatic carbocycles. The first-order valence-electron chi connectivity index (χ1n) is 5.04. The molecule has 1 aliphatic rings. The summed E-state index contributed by atoms with van der Waals surface area (Å²) in [7, 11) is -4.34. The van der Waals surface area contributed by atoms with E-state index in [2.05, 4.69) is 0 Å². The molecule has 0 radical (unpaired) electrons. The van der Waals surface area contributed by atoms with Gasteiger partial charge in [0.15, 0.2) is 0 Å². The van der Waals surface area contributed by atoms with Gasteiger partial charge in [-0.1, -0.05) is 0 Å². The number of likely N-dealkylation sites (tertiary alicyclic amines) is 1. The molecule has 1 N–H and O–H groups in total. The molecule has 0 aromatic heterocycles. The van der Waals surface area contributed by atoms with Gasteiger partial charge in [0.05, 0.1) is 13.1 Å². The number of nitrogens with zero attached hydrogens (tertiary/aromatic N) is 1. The molecule has 96 valence electrons. The third-order valence-electron chi connectivity index (χ3n) is 2.99. The second-order valence-corrected chi connectivity index (χ2v) is 5.70. The number of alkyl halides is 3. The minimum Gasteiger partial charge on any atom is -0.285 e. The Morgan fingerprint density at radius 3 is 2.00 bits per heavy atom. The maximum Gasteiger partial charge on any atom is 0.561 e. The molecule has 0 atom stereocenters. The van der Waals surface area contributed by atoms with E-state index in [9.17, 15) is 21.6 Å². The quantitative estimate of drug-likeness (QED) is 0.475. The molecular formula is C8H15F3NO3S+. The molecule has 0 bridgehead atoms. The van der Waals surface area contributed by atoms with Crippen LogP contribution in [0.5, 0.6) is 0 Å².